The van der Waals surface area contributed by atoms with Gasteiger partial charge in [0.15, 0.2) is 0 Å². The number of fused-ring (bicyclic) bond motifs is 1. The van der Waals surface area contributed by atoms with Gasteiger partial charge in [-0.15, -0.1) is 0 Å². The highest BCUT2D eigenvalue weighted by molar-refractivity contribution is 6.33. The predicted molar refractivity (Wildman–Crippen MR) is 104 cm³/mol. The molecule has 1 aliphatic rings. The summed E-state index contributed by atoms with van der Waals surface area (Å²) in [6.07, 6.45) is 3.63. The van der Waals surface area contributed by atoms with E-state index in [-0.39, 0.29) is 0 Å². The van der Waals surface area contributed by atoms with Crippen LogP contribution in [0.2, 0.25) is 5.02 Å². The average Bonchev–Trinajstić information content (AvgIpc) is 2.67. The molecule has 0 N–H and O–H groups in total. The van der Waals surface area contributed by atoms with Gasteiger partial charge in [0.1, 0.15) is 0 Å². The second kappa shape index (κ2) is 6.98. The number of rotatable bonds is 3. The van der Waals surface area contributed by atoms with Crippen molar-refractivity contribution in [3.8, 4) is 11.1 Å². The first kappa shape index (κ1) is 16.3. The molecule has 3 aromatic rings. The van der Waals surface area contributed by atoms with Gasteiger partial charge in [0.05, 0.1) is 21.7 Å². The Kier molecular flexibility index (Phi) is 4.55. The summed E-state index contributed by atoms with van der Waals surface area (Å²) in [4.78, 5) is 13.7. The van der Waals surface area contributed by atoms with Gasteiger partial charge >= 0.3 is 0 Å². The highest BCUT2D eigenvalue weighted by Gasteiger charge is 2.18. The fourth-order valence-electron chi connectivity index (χ4n) is 3.45. The van der Waals surface area contributed by atoms with Gasteiger partial charge in [-0.05, 0) is 42.4 Å². The summed E-state index contributed by atoms with van der Waals surface area (Å²) in [6, 6.07) is 12.2. The van der Waals surface area contributed by atoms with E-state index in [2.05, 4.69) is 38.8 Å². The van der Waals surface area contributed by atoms with Crippen LogP contribution in [0.3, 0.4) is 0 Å². The lowest BCUT2D eigenvalue weighted by Gasteiger charge is -2.36. The minimum atomic E-state index is 0.795. The van der Waals surface area contributed by atoms with Gasteiger partial charge in [0.25, 0.3) is 0 Å². The van der Waals surface area contributed by atoms with Crippen LogP contribution in [0.25, 0.3) is 22.2 Å². The van der Waals surface area contributed by atoms with Crippen LogP contribution < -0.4 is 4.90 Å². The van der Waals surface area contributed by atoms with E-state index in [4.69, 9.17) is 11.6 Å². The normalized spacial score (nSPS) is 15.7. The summed E-state index contributed by atoms with van der Waals surface area (Å²) in [5.41, 5.74) is 5.07. The largest absolute Gasteiger partial charge is 0.368 e. The van der Waals surface area contributed by atoms with Gasteiger partial charge in [-0.3, -0.25) is 9.97 Å². The predicted octanol–water partition coefficient (Wildman–Crippen LogP) is 4.09. The summed E-state index contributed by atoms with van der Waals surface area (Å²) in [5, 5.41) is 0.795. The van der Waals surface area contributed by atoms with Crippen LogP contribution in [-0.4, -0.2) is 47.6 Å². The highest BCUT2D eigenvalue weighted by atomic mass is 35.5. The van der Waals surface area contributed by atoms with Gasteiger partial charge < -0.3 is 9.80 Å². The SMILES string of the molecule is CCN1CCN(c2ccc(-c3ccnc4cccnc34)cc2Cl)CC1. The summed E-state index contributed by atoms with van der Waals surface area (Å²) < 4.78 is 0. The first-order valence-electron chi connectivity index (χ1n) is 8.73. The molecule has 4 rings (SSSR count). The van der Waals surface area contributed by atoms with Gasteiger partial charge in [-0.1, -0.05) is 24.6 Å². The molecule has 0 saturated carbocycles. The lowest BCUT2D eigenvalue weighted by molar-refractivity contribution is 0.271. The Bertz CT molecular complexity index is 883. The van der Waals surface area contributed by atoms with Crippen molar-refractivity contribution in [3.05, 3.63) is 53.8 Å². The van der Waals surface area contributed by atoms with E-state index in [1.54, 1.807) is 6.20 Å². The fourth-order valence-corrected chi connectivity index (χ4v) is 3.75. The number of benzene rings is 1. The van der Waals surface area contributed by atoms with Crippen LogP contribution in [0.5, 0.6) is 0 Å². The number of likely N-dealkylation sites (N-methyl/N-ethyl adjacent to an activating group) is 1. The zero-order chi connectivity index (χ0) is 17.2. The molecule has 5 heteroatoms. The second-order valence-corrected chi connectivity index (χ2v) is 6.72. The number of aromatic nitrogens is 2. The Hall–Kier alpha value is -2.17. The smallest absolute Gasteiger partial charge is 0.0964 e. The molecule has 0 aliphatic carbocycles. The minimum absolute atomic E-state index is 0.795. The zero-order valence-electron chi connectivity index (χ0n) is 14.3. The molecule has 4 nitrogen and oxygen atoms in total. The Balaban J connectivity index is 1.66. The van der Waals surface area contributed by atoms with Crippen LogP contribution in [-0.2, 0) is 0 Å². The van der Waals surface area contributed by atoms with E-state index < -0.39 is 0 Å². The average molecular weight is 353 g/mol. The molecule has 0 bridgehead atoms. The maximum Gasteiger partial charge on any atom is 0.0964 e. The number of hydrogen-bond donors (Lipinski definition) is 0. The van der Waals surface area contributed by atoms with Crippen LogP contribution in [0, 0.1) is 0 Å². The number of piperazine rings is 1. The lowest BCUT2D eigenvalue weighted by atomic mass is 10.0. The monoisotopic (exact) mass is 352 g/mol. The number of halogens is 1. The van der Waals surface area contributed by atoms with Crippen molar-refractivity contribution in [2.45, 2.75) is 6.92 Å². The van der Waals surface area contributed by atoms with Crippen LogP contribution in [0.4, 0.5) is 5.69 Å². The first-order chi connectivity index (χ1) is 12.3. The number of pyridine rings is 2. The Morgan fingerprint density at radius 2 is 1.84 bits per heavy atom. The second-order valence-electron chi connectivity index (χ2n) is 6.32. The molecule has 3 heterocycles. The van der Waals surface area contributed by atoms with Crippen molar-refractivity contribution in [2.75, 3.05) is 37.6 Å². The fraction of sp³-hybridized carbons (Fsp3) is 0.300. The standard InChI is InChI=1S/C20H21ClN4/c1-2-24-10-12-25(13-11-24)19-6-5-15(14-17(19)21)16-7-9-22-18-4-3-8-23-20(16)18/h3-9,14H,2,10-13H2,1H3. The van der Waals surface area contributed by atoms with Crippen LogP contribution in [0.15, 0.2) is 48.8 Å². The van der Waals surface area contributed by atoms with Gasteiger partial charge in [0, 0.05) is 44.1 Å². The lowest BCUT2D eigenvalue weighted by Crippen LogP contribution is -2.46. The first-order valence-corrected chi connectivity index (χ1v) is 9.11. The summed E-state index contributed by atoms with van der Waals surface area (Å²) in [7, 11) is 0. The van der Waals surface area contributed by atoms with Gasteiger partial charge in [0.2, 0.25) is 0 Å². The summed E-state index contributed by atoms with van der Waals surface area (Å²) >= 11 is 6.64. The molecular weight excluding hydrogens is 332 g/mol. The quantitative estimate of drug-likeness (QED) is 0.710. The van der Waals surface area contributed by atoms with E-state index in [0.717, 1.165) is 65.6 Å². The third-order valence-electron chi connectivity index (χ3n) is 4.92. The van der Waals surface area contributed by atoms with Crippen molar-refractivity contribution < 1.29 is 0 Å². The van der Waals surface area contributed by atoms with Crippen molar-refractivity contribution in [3.63, 3.8) is 0 Å². The minimum Gasteiger partial charge on any atom is -0.368 e. The van der Waals surface area contributed by atoms with E-state index in [0.29, 0.717) is 0 Å². The Morgan fingerprint density at radius 1 is 1.00 bits per heavy atom. The maximum atomic E-state index is 6.64. The molecule has 128 valence electrons. The molecule has 0 spiro atoms. The number of nitrogens with zero attached hydrogens (tertiary/aromatic N) is 4. The molecule has 25 heavy (non-hydrogen) atoms. The highest BCUT2D eigenvalue weighted by Crippen LogP contribution is 2.33. The number of hydrogen-bond acceptors (Lipinski definition) is 4. The molecule has 0 radical (unpaired) electrons. The molecule has 0 atom stereocenters. The van der Waals surface area contributed by atoms with Gasteiger partial charge in [-0.25, -0.2) is 0 Å². The number of anilines is 1. The summed E-state index contributed by atoms with van der Waals surface area (Å²) in [6.45, 7) is 7.55. The molecule has 1 aromatic carbocycles. The van der Waals surface area contributed by atoms with Crippen molar-refractivity contribution in [1.82, 2.24) is 14.9 Å². The van der Waals surface area contributed by atoms with E-state index >= 15 is 0 Å². The maximum absolute atomic E-state index is 6.64. The Morgan fingerprint density at radius 3 is 2.60 bits per heavy atom. The molecule has 1 fully saturated rings. The molecule has 1 saturated heterocycles. The Labute approximate surface area is 153 Å². The third-order valence-corrected chi connectivity index (χ3v) is 5.22. The van der Waals surface area contributed by atoms with E-state index in [9.17, 15) is 0 Å². The molecule has 0 amide bonds. The molecule has 1 aliphatic heterocycles. The van der Waals surface area contributed by atoms with E-state index in [1.807, 2.05) is 30.5 Å². The van der Waals surface area contributed by atoms with Gasteiger partial charge in [-0.2, -0.15) is 0 Å². The molecule has 0 unspecified atom stereocenters. The topological polar surface area (TPSA) is 32.3 Å². The third kappa shape index (κ3) is 3.20. The van der Waals surface area contributed by atoms with Crippen LogP contribution >= 0.6 is 11.6 Å². The van der Waals surface area contributed by atoms with Crippen molar-refractivity contribution >= 4 is 28.3 Å². The zero-order valence-corrected chi connectivity index (χ0v) is 15.1. The van der Waals surface area contributed by atoms with Crippen LogP contribution in [0.1, 0.15) is 6.92 Å². The molecular formula is C20H21ClN4. The van der Waals surface area contributed by atoms with Crippen molar-refractivity contribution in [2.24, 2.45) is 0 Å². The van der Waals surface area contributed by atoms with Crippen molar-refractivity contribution in [1.29, 1.82) is 0 Å². The molecule has 2 aromatic heterocycles. The van der Waals surface area contributed by atoms with E-state index in [1.165, 1.54) is 0 Å². The summed E-state index contributed by atoms with van der Waals surface area (Å²) in [5.74, 6) is 0.